The van der Waals surface area contributed by atoms with E-state index in [1.54, 1.807) is 0 Å². The zero-order chi connectivity index (χ0) is 10.0. The molecule has 0 amide bonds. The highest BCUT2D eigenvalue weighted by atomic mass is 16.6. The van der Waals surface area contributed by atoms with E-state index in [1.165, 1.54) is 5.56 Å². The van der Waals surface area contributed by atoms with Gasteiger partial charge in [-0.2, -0.15) is 0 Å². The van der Waals surface area contributed by atoms with E-state index in [4.69, 9.17) is 4.74 Å². The molecule has 0 radical (unpaired) electrons. The molecule has 1 atom stereocenters. The van der Waals surface area contributed by atoms with Crippen molar-refractivity contribution >= 4 is 0 Å². The van der Waals surface area contributed by atoms with Crippen molar-refractivity contribution in [2.24, 2.45) is 0 Å². The number of nitrogens with zero attached hydrogens (tertiary/aromatic N) is 1. The maximum atomic E-state index is 5.27. The smallest absolute Gasteiger partial charge is 0.130 e. The van der Waals surface area contributed by atoms with E-state index in [1.807, 2.05) is 0 Å². The SMILES string of the molecule is C[N+](C)(Cc1ccccc1)CC1CO1. The molecule has 14 heavy (non-hydrogen) atoms. The van der Waals surface area contributed by atoms with E-state index in [2.05, 4.69) is 44.4 Å². The summed E-state index contributed by atoms with van der Waals surface area (Å²) in [4.78, 5) is 0. The van der Waals surface area contributed by atoms with Gasteiger partial charge in [0.15, 0.2) is 0 Å². The van der Waals surface area contributed by atoms with Crippen LogP contribution in [-0.4, -0.2) is 37.8 Å². The quantitative estimate of drug-likeness (QED) is 0.522. The summed E-state index contributed by atoms with van der Waals surface area (Å²) in [7, 11) is 4.52. The van der Waals surface area contributed by atoms with Crippen molar-refractivity contribution in [1.29, 1.82) is 0 Å². The number of hydrogen-bond donors (Lipinski definition) is 0. The van der Waals surface area contributed by atoms with Gasteiger partial charge in [0.25, 0.3) is 0 Å². The molecule has 0 saturated carbocycles. The van der Waals surface area contributed by atoms with Gasteiger partial charge in [-0.1, -0.05) is 30.3 Å². The van der Waals surface area contributed by atoms with Crippen LogP contribution in [0.4, 0.5) is 0 Å². The lowest BCUT2D eigenvalue weighted by Crippen LogP contribution is -2.41. The van der Waals surface area contributed by atoms with E-state index in [9.17, 15) is 0 Å². The topological polar surface area (TPSA) is 12.5 Å². The lowest BCUT2D eigenvalue weighted by molar-refractivity contribution is -0.904. The molecular formula is C12H18NO+. The van der Waals surface area contributed by atoms with Gasteiger partial charge in [-0.3, -0.25) is 0 Å². The van der Waals surface area contributed by atoms with Crippen LogP contribution in [0.3, 0.4) is 0 Å². The first-order valence-electron chi connectivity index (χ1n) is 5.13. The molecule has 0 aliphatic carbocycles. The van der Waals surface area contributed by atoms with Gasteiger partial charge in [0, 0.05) is 5.56 Å². The monoisotopic (exact) mass is 192 g/mol. The highest BCUT2D eigenvalue weighted by molar-refractivity contribution is 5.13. The summed E-state index contributed by atoms with van der Waals surface area (Å²) in [6.07, 6.45) is 0.508. The van der Waals surface area contributed by atoms with Crippen molar-refractivity contribution in [2.75, 3.05) is 27.2 Å². The Bertz CT molecular complexity index is 290. The Morgan fingerprint density at radius 3 is 2.50 bits per heavy atom. The lowest BCUT2D eigenvalue weighted by atomic mass is 10.2. The molecule has 1 saturated heterocycles. The molecule has 2 nitrogen and oxygen atoms in total. The molecular weight excluding hydrogens is 174 g/mol. The highest BCUT2D eigenvalue weighted by Gasteiger charge is 2.31. The van der Waals surface area contributed by atoms with Gasteiger partial charge in [-0.05, 0) is 0 Å². The molecule has 1 aromatic carbocycles. The summed E-state index contributed by atoms with van der Waals surface area (Å²) in [5, 5.41) is 0. The molecule has 1 aromatic rings. The van der Waals surface area contributed by atoms with Crippen LogP contribution < -0.4 is 0 Å². The summed E-state index contributed by atoms with van der Waals surface area (Å²) < 4.78 is 6.28. The third kappa shape index (κ3) is 2.82. The normalized spacial score (nSPS) is 20.9. The molecule has 1 heterocycles. The highest BCUT2D eigenvalue weighted by Crippen LogP contribution is 2.16. The summed E-state index contributed by atoms with van der Waals surface area (Å²) in [6, 6.07) is 10.6. The Labute approximate surface area is 85.7 Å². The van der Waals surface area contributed by atoms with Crippen LogP contribution in [0.5, 0.6) is 0 Å². The largest absolute Gasteiger partial charge is 0.367 e. The number of epoxide rings is 1. The van der Waals surface area contributed by atoms with E-state index in [0.717, 1.165) is 24.2 Å². The molecule has 76 valence electrons. The molecule has 1 aliphatic heterocycles. The number of rotatable bonds is 4. The molecule has 1 fully saturated rings. The van der Waals surface area contributed by atoms with Crippen molar-refractivity contribution in [3.05, 3.63) is 35.9 Å². The Balaban J connectivity index is 1.94. The summed E-state index contributed by atoms with van der Waals surface area (Å²) in [5.74, 6) is 0. The van der Waals surface area contributed by atoms with Crippen LogP contribution in [0.1, 0.15) is 5.56 Å². The molecule has 0 bridgehead atoms. The second-order valence-electron chi connectivity index (χ2n) is 4.72. The van der Waals surface area contributed by atoms with Crippen molar-refractivity contribution in [1.82, 2.24) is 0 Å². The van der Waals surface area contributed by atoms with Crippen molar-refractivity contribution in [3.63, 3.8) is 0 Å². The van der Waals surface area contributed by atoms with Gasteiger partial charge < -0.3 is 9.22 Å². The minimum Gasteiger partial charge on any atom is -0.367 e. The Morgan fingerprint density at radius 2 is 1.93 bits per heavy atom. The predicted octanol–water partition coefficient (Wildman–Crippen LogP) is 1.66. The number of quaternary nitrogens is 1. The zero-order valence-corrected chi connectivity index (χ0v) is 8.94. The third-order valence-electron chi connectivity index (χ3n) is 2.55. The van der Waals surface area contributed by atoms with Crippen LogP contribution in [0.25, 0.3) is 0 Å². The third-order valence-corrected chi connectivity index (χ3v) is 2.55. The standard InChI is InChI=1S/C12H18NO/c1-13(2,9-12-10-14-12)8-11-6-4-3-5-7-11/h3-7,12H,8-10H2,1-2H3/q+1. The van der Waals surface area contributed by atoms with Gasteiger partial charge in [-0.15, -0.1) is 0 Å². The van der Waals surface area contributed by atoms with Crippen molar-refractivity contribution in [2.45, 2.75) is 12.6 Å². The number of ether oxygens (including phenoxy) is 1. The van der Waals surface area contributed by atoms with Crippen LogP contribution in [-0.2, 0) is 11.3 Å². The van der Waals surface area contributed by atoms with Gasteiger partial charge in [0.05, 0.1) is 20.7 Å². The van der Waals surface area contributed by atoms with Crippen molar-refractivity contribution < 1.29 is 9.22 Å². The fraction of sp³-hybridized carbons (Fsp3) is 0.500. The van der Waals surface area contributed by atoms with Crippen molar-refractivity contribution in [3.8, 4) is 0 Å². The maximum Gasteiger partial charge on any atom is 0.130 e. The Hall–Kier alpha value is -0.860. The molecule has 0 aromatic heterocycles. The second kappa shape index (κ2) is 3.71. The fourth-order valence-corrected chi connectivity index (χ4v) is 1.87. The molecule has 1 unspecified atom stereocenters. The molecule has 0 spiro atoms. The second-order valence-corrected chi connectivity index (χ2v) is 4.72. The Kier molecular flexibility index (Phi) is 2.57. The summed E-state index contributed by atoms with van der Waals surface area (Å²) in [5.41, 5.74) is 1.40. The number of hydrogen-bond acceptors (Lipinski definition) is 1. The van der Waals surface area contributed by atoms with E-state index >= 15 is 0 Å². The number of benzene rings is 1. The molecule has 2 rings (SSSR count). The Morgan fingerprint density at radius 1 is 1.29 bits per heavy atom. The summed E-state index contributed by atoms with van der Waals surface area (Å²) >= 11 is 0. The first kappa shape index (κ1) is 9.69. The van der Waals surface area contributed by atoms with Gasteiger partial charge >= 0.3 is 0 Å². The fourth-order valence-electron chi connectivity index (χ4n) is 1.87. The molecule has 2 heteroatoms. The average molecular weight is 192 g/mol. The van der Waals surface area contributed by atoms with E-state index in [-0.39, 0.29) is 0 Å². The van der Waals surface area contributed by atoms with Gasteiger partial charge in [0.2, 0.25) is 0 Å². The van der Waals surface area contributed by atoms with Crippen LogP contribution in [0.2, 0.25) is 0 Å². The minimum absolute atomic E-state index is 0.508. The maximum absolute atomic E-state index is 5.27. The first-order valence-corrected chi connectivity index (χ1v) is 5.13. The molecule has 0 N–H and O–H groups in total. The molecule has 1 aliphatic rings. The predicted molar refractivity (Wildman–Crippen MR) is 56.9 cm³/mol. The van der Waals surface area contributed by atoms with E-state index < -0.39 is 0 Å². The van der Waals surface area contributed by atoms with Gasteiger partial charge in [-0.25, -0.2) is 0 Å². The zero-order valence-electron chi connectivity index (χ0n) is 8.94. The van der Waals surface area contributed by atoms with Crippen LogP contribution in [0, 0.1) is 0 Å². The first-order chi connectivity index (χ1) is 6.66. The lowest BCUT2D eigenvalue weighted by Gasteiger charge is -2.29. The van der Waals surface area contributed by atoms with Crippen LogP contribution in [0.15, 0.2) is 30.3 Å². The average Bonchev–Trinajstić information content (AvgIpc) is 2.88. The summed E-state index contributed by atoms with van der Waals surface area (Å²) in [6.45, 7) is 3.16. The number of likely N-dealkylation sites (N-methyl/N-ethyl adjacent to an activating group) is 1. The van der Waals surface area contributed by atoms with Crippen LogP contribution >= 0.6 is 0 Å². The van der Waals surface area contributed by atoms with Gasteiger partial charge in [0.1, 0.15) is 19.2 Å². The van der Waals surface area contributed by atoms with E-state index in [0.29, 0.717) is 6.10 Å². The minimum atomic E-state index is 0.508.